The summed E-state index contributed by atoms with van der Waals surface area (Å²) >= 11 is 0. The summed E-state index contributed by atoms with van der Waals surface area (Å²) in [5, 5.41) is 4.36. The number of hydrogen-bond acceptors (Lipinski definition) is 5. The summed E-state index contributed by atoms with van der Waals surface area (Å²) in [6.07, 6.45) is 0. The molecule has 0 radical (unpaired) electrons. The van der Waals surface area contributed by atoms with Gasteiger partial charge in [0.2, 0.25) is 0 Å². The molecule has 0 atom stereocenters. The zero-order valence-corrected chi connectivity index (χ0v) is 33.4. The Morgan fingerprint density at radius 3 is 1.21 bits per heavy atom. The molecule has 0 N–H and O–H groups in total. The van der Waals surface area contributed by atoms with Crippen LogP contribution >= 0.6 is 0 Å². The average Bonchev–Trinajstić information content (AvgIpc) is 3.92. The first kappa shape index (κ1) is 35.5. The fraction of sp³-hybridized carbons (Fsp3) is 0. The number of benzene rings is 9. The molecule has 0 aliphatic carbocycles. The van der Waals surface area contributed by atoms with Gasteiger partial charge in [-0.3, -0.25) is 0 Å². The van der Waals surface area contributed by atoms with Gasteiger partial charge >= 0.3 is 0 Å². The smallest absolute Gasteiger partial charge is 0.164 e. The van der Waals surface area contributed by atoms with Crippen LogP contribution in [0.1, 0.15) is 0 Å². The van der Waals surface area contributed by atoms with E-state index < -0.39 is 0 Å². The van der Waals surface area contributed by atoms with Crippen molar-refractivity contribution in [2.75, 3.05) is 0 Å². The van der Waals surface area contributed by atoms with Crippen molar-refractivity contribution in [3.05, 3.63) is 212 Å². The lowest BCUT2D eigenvalue weighted by atomic mass is 9.84. The van der Waals surface area contributed by atoms with Crippen molar-refractivity contribution in [2.24, 2.45) is 0 Å². The van der Waals surface area contributed by atoms with Gasteiger partial charge < -0.3 is 8.83 Å². The van der Waals surface area contributed by atoms with E-state index in [4.69, 9.17) is 23.8 Å². The number of aromatic nitrogens is 3. The molecule has 290 valence electrons. The standard InChI is InChI=1S/C57H35N3O2/c1-4-14-36(15-5-1)43-32-48(54(38-16-6-2-7-17-38)49(33-43)41-28-30-46-44-20-10-12-22-50(44)61-52(46)34-41)37-24-26-40(27-25-37)56-58-55(39-18-8-3-9-19-39)59-57(60-56)42-29-31-47-45-21-11-13-23-51(45)62-53(47)35-42/h1-35H. The Labute approximate surface area is 357 Å². The average molecular weight is 794 g/mol. The minimum absolute atomic E-state index is 0.577. The lowest BCUT2D eigenvalue weighted by molar-refractivity contribution is 0.668. The van der Waals surface area contributed by atoms with Crippen LogP contribution in [0.2, 0.25) is 0 Å². The monoisotopic (exact) mass is 793 g/mol. The van der Waals surface area contributed by atoms with Crippen molar-refractivity contribution in [3.8, 4) is 78.7 Å². The van der Waals surface area contributed by atoms with Crippen molar-refractivity contribution >= 4 is 43.9 Å². The molecule has 0 spiro atoms. The van der Waals surface area contributed by atoms with Crippen molar-refractivity contribution in [3.63, 3.8) is 0 Å². The van der Waals surface area contributed by atoms with Crippen LogP contribution in [0.4, 0.5) is 0 Å². The number of fused-ring (bicyclic) bond motifs is 6. The Bertz CT molecular complexity index is 3610. The largest absolute Gasteiger partial charge is 0.456 e. The topological polar surface area (TPSA) is 65.0 Å². The molecule has 9 aromatic carbocycles. The fourth-order valence-electron chi connectivity index (χ4n) is 8.72. The minimum atomic E-state index is 0.577. The summed E-state index contributed by atoms with van der Waals surface area (Å²) in [5.74, 6) is 1.77. The molecule has 12 rings (SSSR count). The molecule has 3 aromatic heterocycles. The van der Waals surface area contributed by atoms with Gasteiger partial charge in [-0.25, -0.2) is 15.0 Å². The van der Waals surface area contributed by atoms with Crippen LogP contribution in [0.15, 0.2) is 221 Å². The maximum absolute atomic E-state index is 6.43. The maximum atomic E-state index is 6.43. The van der Waals surface area contributed by atoms with E-state index in [1.807, 2.05) is 66.7 Å². The van der Waals surface area contributed by atoms with Crippen molar-refractivity contribution < 1.29 is 8.83 Å². The van der Waals surface area contributed by atoms with Crippen LogP contribution in [0.5, 0.6) is 0 Å². The predicted octanol–water partition coefficient (Wildman–Crippen LogP) is 15.3. The molecule has 0 saturated carbocycles. The van der Waals surface area contributed by atoms with E-state index in [0.717, 1.165) is 105 Å². The van der Waals surface area contributed by atoms with E-state index in [9.17, 15) is 0 Å². The Kier molecular flexibility index (Phi) is 8.42. The van der Waals surface area contributed by atoms with Crippen molar-refractivity contribution in [1.82, 2.24) is 15.0 Å². The molecule has 0 unspecified atom stereocenters. The van der Waals surface area contributed by atoms with E-state index >= 15 is 0 Å². The van der Waals surface area contributed by atoms with Crippen molar-refractivity contribution in [1.29, 1.82) is 0 Å². The summed E-state index contributed by atoms with van der Waals surface area (Å²) in [6.45, 7) is 0. The van der Waals surface area contributed by atoms with Gasteiger partial charge in [0, 0.05) is 38.2 Å². The highest BCUT2D eigenvalue weighted by Gasteiger charge is 2.20. The Balaban J connectivity index is 1.02. The molecule has 0 amide bonds. The number of furan rings is 2. The first-order valence-electron chi connectivity index (χ1n) is 20.7. The minimum Gasteiger partial charge on any atom is -0.456 e. The molecule has 0 bridgehead atoms. The number of rotatable bonds is 7. The van der Waals surface area contributed by atoms with Crippen LogP contribution in [0.3, 0.4) is 0 Å². The first-order chi connectivity index (χ1) is 30.7. The summed E-state index contributed by atoms with van der Waals surface area (Å²) in [7, 11) is 0. The van der Waals surface area contributed by atoms with Gasteiger partial charge in [-0.2, -0.15) is 0 Å². The summed E-state index contributed by atoms with van der Waals surface area (Å²) in [6, 6.07) is 73.7. The SMILES string of the molecule is c1ccc(-c2cc(-c3ccc(-c4nc(-c5ccccc5)nc(-c5ccc6c(c5)oc5ccccc56)n4)cc3)c(-c3ccccc3)c(-c3ccc4c(c3)oc3ccccc34)c2)cc1. The fourth-order valence-corrected chi connectivity index (χ4v) is 8.72. The van der Waals surface area contributed by atoms with Gasteiger partial charge in [0.1, 0.15) is 22.3 Å². The van der Waals surface area contributed by atoms with Crippen LogP contribution in [0, 0.1) is 0 Å². The molecule has 3 heterocycles. The van der Waals surface area contributed by atoms with Crippen LogP contribution in [-0.2, 0) is 0 Å². The highest BCUT2D eigenvalue weighted by atomic mass is 16.3. The Hall–Kier alpha value is -8.41. The van der Waals surface area contributed by atoms with Gasteiger partial charge in [0.05, 0.1) is 0 Å². The zero-order chi connectivity index (χ0) is 41.0. The second-order valence-corrected chi connectivity index (χ2v) is 15.5. The normalized spacial score (nSPS) is 11.5. The molecule has 62 heavy (non-hydrogen) atoms. The maximum Gasteiger partial charge on any atom is 0.164 e. The van der Waals surface area contributed by atoms with Gasteiger partial charge in [-0.1, -0.05) is 164 Å². The van der Waals surface area contributed by atoms with Gasteiger partial charge in [-0.15, -0.1) is 0 Å². The van der Waals surface area contributed by atoms with Crippen LogP contribution in [-0.4, -0.2) is 15.0 Å². The van der Waals surface area contributed by atoms with Crippen molar-refractivity contribution in [2.45, 2.75) is 0 Å². The second kappa shape index (κ2) is 14.7. The number of hydrogen-bond donors (Lipinski definition) is 0. The lowest BCUT2D eigenvalue weighted by Crippen LogP contribution is -2.00. The molecule has 5 heteroatoms. The highest BCUT2D eigenvalue weighted by molar-refractivity contribution is 6.08. The third-order valence-electron chi connectivity index (χ3n) is 11.8. The molecule has 0 aliphatic rings. The number of nitrogens with zero attached hydrogens (tertiary/aromatic N) is 3. The predicted molar refractivity (Wildman–Crippen MR) is 252 cm³/mol. The second-order valence-electron chi connectivity index (χ2n) is 15.5. The lowest BCUT2D eigenvalue weighted by Gasteiger charge is -2.19. The molecule has 5 nitrogen and oxygen atoms in total. The molecular weight excluding hydrogens is 759 g/mol. The third-order valence-corrected chi connectivity index (χ3v) is 11.8. The Morgan fingerprint density at radius 1 is 0.242 bits per heavy atom. The van der Waals surface area contributed by atoms with Gasteiger partial charge in [-0.05, 0) is 93.0 Å². The number of para-hydroxylation sites is 2. The summed E-state index contributed by atoms with van der Waals surface area (Å²) in [4.78, 5) is 15.2. The third kappa shape index (κ3) is 6.23. The zero-order valence-electron chi connectivity index (χ0n) is 33.4. The molecule has 0 aliphatic heterocycles. The quantitative estimate of drug-likeness (QED) is 0.161. The molecule has 12 aromatic rings. The van der Waals surface area contributed by atoms with Crippen LogP contribution in [0.25, 0.3) is 123 Å². The van der Waals surface area contributed by atoms with E-state index in [2.05, 4.69) is 146 Å². The van der Waals surface area contributed by atoms with Gasteiger partial charge in [0.15, 0.2) is 17.5 Å². The summed E-state index contributed by atoms with van der Waals surface area (Å²) < 4.78 is 12.7. The van der Waals surface area contributed by atoms with E-state index in [-0.39, 0.29) is 0 Å². The van der Waals surface area contributed by atoms with E-state index in [1.165, 1.54) is 0 Å². The van der Waals surface area contributed by atoms with Crippen LogP contribution < -0.4 is 0 Å². The van der Waals surface area contributed by atoms with E-state index in [0.29, 0.717) is 17.5 Å². The molecule has 0 saturated heterocycles. The molecule has 0 fully saturated rings. The highest BCUT2D eigenvalue weighted by Crippen LogP contribution is 2.45. The van der Waals surface area contributed by atoms with E-state index in [1.54, 1.807) is 0 Å². The summed E-state index contributed by atoms with van der Waals surface area (Å²) in [5.41, 5.74) is 15.0. The van der Waals surface area contributed by atoms with Gasteiger partial charge in [0.25, 0.3) is 0 Å². The molecular formula is C57H35N3O2. The Morgan fingerprint density at radius 2 is 0.629 bits per heavy atom. The first-order valence-corrected chi connectivity index (χ1v) is 20.7.